The van der Waals surface area contributed by atoms with Crippen molar-refractivity contribution in [3.63, 3.8) is 0 Å². The Labute approximate surface area is 108 Å². The van der Waals surface area contributed by atoms with Crippen LogP contribution in [0.3, 0.4) is 0 Å². The summed E-state index contributed by atoms with van der Waals surface area (Å²) in [6.45, 7) is 3.61. The van der Waals surface area contributed by atoms with Crippen molar-refractivity contribution in [2.45, 2.75) is 19.9 Å². The molecule has 1 rings (SSSR count). The lowest BCUT2D eigenvalue weighted by Gasteiger charge is -2.12. The van der Waals surface area contributed by atoms with Gasteiger partial charge in [-0.05, 0) is 35.8 Å². The highest BCUT2D eigenvalue weighted by Gasteiger charge is 2.19. The Morgan fingerprint density at radius 3 is 2.71 bits per heavy atom. The fourth-order valence-electron chi connectivity index (χ4n) is 1.35. The molecular weight excluding hydrogens is 288 g/mol. The highest BCUT2D eigenvalue weighted by atomic mass is 79.9. The number of nitrogens with one attached hydrogen (secondary N) is 1. The number of carbonyl (C=O) groups excluding carboxylic acids is 2. The molecule has 0 aliphatic heterocycles. The molecule has 0 bridgehead atoms. The van der Waals surface area contributed by atoms with Crippen LogP contribution >= 0.6 is 15.9 Å². The fourth-order valence-corrected chi connectivity index (χ4v) is 1.87. The van der Waals surface area contributed by atoms with Gasteiger partial charge in [0.1, 0.15) is 11.7 Å². The van der Waals surface area contributed by atoms with Crippen molar-refractivity contribution < 1.29 is 14.3 Å². The molecule has 1 unspecified atom stereocenters. The van der Waals surface area contributed by atoms with Gasteiger partial charge < -0.3 is 14.6 Å². The van der Waals surface area contributed by atoms with Crippen molar-refractivity contribution in [2.24, 2.45) is 7.05 Å². The first kappa shape index (κ1) is 13.8. The SMILES string of the molecule is CCOC(=O)C(C)NC(=O)c1cc(Br)cn1C. The Morgan fingerprint density at radius 2 is 2.24 bits per heavy atom. The number of hydrogen-bond donors (Lipinski definition) is 1. The summed E-state index contributed by atoms with van der Waals surface area (Å²) in [5.41, 5.74) is 0.480. The van der Waals surface area contributed by atoms with Crippen molar-refractivity contribution >= 4 is 27.8 Å². The molecule has 0 aliphatic carbocycles. The van der Waals surface area contributed by atoms with E-state index in [1.165, 1.54) is 0 Å². The number of nitrogens with zero attached hydrogens (tertiary/aromatic N) is 1. The summed E-state index contributed by atoms with van der Waals surface area (Å²) >= 11 is 3.28. The Balaban J connectivity index is 2.66. The third kappa shape index (κ3) is 3.59. The Kier molecular flexibility index (Phi) is 4.74. The maximum absolute atomic E-state index is 11.8. The van der Waals surface area contributed by atoms with E-state index in [4.69, 9.17) is 4.74 Å². The smallest absolute Gasteiger partial charge is 0.328 e. The standard InChI is InChI=1S/C11H15BrN2O3/c1-4-17-11(16)7(2)13-10(15)9-5-8(12)6-14(9)3/h5-7H,4H2,1-3H3,(H,13,15). The first-order chi connectivity index (χ1) is 7.95. The largest absolute Gasteiger partial charge is 0.464 e. The summed E-state index contributed by atoms with van der Waals surface area (Å²) < 4.78 is 7.30. The number of carbonyl (C=O) groups is 2. The van der Waals surface area contributed by atoms with E-state index in [0.29, 0.717) is 12.3 Å². The highest BCUT2D eigenvalue weighted by molar-refractivity contribution is 9.10. The number of halogens is 1. The van der Waals surface area contributed by atoms with Gasteiger partial charge in [-0.1, -0.05) is 0 Å². The molecule has 94 valence electrons. The molecule has 1 amide bonds. The second-order valence-corrected chi connectivity index (χ2v) is 4.52. The topological polar surface area (TPSA) is 60.3 Å². The quantitative estimate of drug-likeness (QED) is 0.857. The summed E-state index contributed by atoms with van der Waals surface area (Å²) in [4.78, 5) is 23.2. The van der Waals surface area contributed by atoms with Crippen LogP contribution in [0, 0.1) is 0 Å². The number of aryl methyl sites for hydroxylation is 1. The van der Waals surface area contributed by atoms with Crippen LogP contribution in [0.5, 0.6) is 0 Å². The van der Waals surface area contributed by atoms with Gasteiger partial charge in [-0.3, -0.25) is 4.79 Å². The number of hydrogen-bond acceptors (Lipinski definition) is 3. The predicted octanol–water partition coefficient (Wildman–Crippen LogP) is 1.47. The number of rotatable bonds is 4. The van der Waals surface area contributed by atoms with Crippen molar-refractivity contribution in [3.05, 3.63) is 22.4 Å². The zero-order valence-electron chi connectivity index (χ0n) is 9.99. The second-order valence-electron chi connectivity index (χ2n) is 3.60. The first-order valence-electron chi connectivity index (χ1n) is 5.25. The lowest BCUT2D eigenvalue weighted by Crippen LogP contribution is -2.40. The van der Waals surface area contributed by atoms with Gasteiger partial charge >= 0.3 is 5.97 Å². The first-order valence-corrected chi connectivity index (χ1v) is 6.04. The van der Waals surface area contributed by atoms with Crippen molar-refractivity contribution in [1.82, 2.24) is 9.88 Å². The lowest BCUT2D eigenvalue weighted by atomic mass is 10.3. The predicted molar refractivity (Wildman–Crippen MR) is 66.7 cm³/mol. The zero-order valence-corrected chi connectivity index (χ0v) is 11.6. The van der Waals surface area contributed by atoms with Gasteiger partial charge in [0.05, 0.1) is 6.61 Å². The molecule has 0 aliphatic rings. The normalized spacial score (nSPS) is 12.0. The van der Waals surface area contributed by atoms with Crippen LogP contribution in [0.1, 0.15) is 24.3 Å². The molecule has 1 aromatic rings. The molecule has 6 heteroatoms. The molecule has 0 radical (unpaired) electrons. The van der Waals surface area contributed by atoms with E-state index in [2.05, 4.69) is 21.2 Å². The molecule has 1 heterocycles. The van der Waals surface area contributed by atoms with Gasteiger partial charge in [0.2, 0.25) is 0 Å². The third-order valence-corrected chi connectivity index (χ3v) is 2.63. The minimum atomic E-state index is -0.656. The summed E-state index contributed by atoms with van der Waals surface area (Å²) in [6.07, 6.45) is 1.77. The molecule has 0 fully saturated rings. The monoisotopic (exact) mass is 302 g/mol. The van der Waals surface area contributed by atoms with Crippen LogP contribution in [0.15, 0.2) is 16.7 Å². The van der Waals surface area contributed by atoms with E-state index < -0.39 is 12.0 Å². The lowest BCUT2D eigenvalue weighted by molar-refractivity contribution is -0.144. The molecule has 0 aromatic carbocycles. The average Bonchev–Trinajstić information content (AvgIpc) is 2.58. The zero-order chi connectivity index (χ0) is 13.0. The van der Waals surface area contributed by atoms with Gasteiger partial charge in [-0.25, -0.2) is 4.79 Å². The van der Waals surface area contributed by atoms with Gasteiger partial charge in [0, 0.05) is 17.7 Å². The van der Waals surface area contributed by atoms with Crippen molar-refractivity contribution in [1.29, 1.82) is 0 Å². The fraction of sp³-hybridized carbons (Fsp3) is 0.455. The Morgan fingerprint density at radius 1 is 1.59 bits per heavy atom. The van der Waals surface area contributed by atoms with Gasteiger partial charge in [-0.2, -0.15) is 0 Å². The number of ether oxygens (including phenoxy) is 1. The van der Waals surface area contributed by atoms with Crippen LogP contribution in [0.2, 0.25) is 0 Å². The molecular formula is C11H15BrN2O3. The minimum Gasteiger partial charge on any atom is -0.464 e. The summed E-state index contributed by atoms with van der Waals surface area (Å²) in [5, 5.41) is 2.58. The van der Waals surface area contributed by atoms with Crippen LogP contribution in [0.25, 0.3) is 0 Å². The number of aromatic nitrogens is 1. The third-order valence-electron chi connectivity index (χ3n) is 2.19. The molecule has 1 aromatic heterocycles. The van der Waals surface area contributed by atoms with Gasteiger partial charge in [0.25, 0.3) is 5.91 Å². The second kappa shape index (κ2) is 5.86. The molecule has 0 saturated carbocycles. The van der Waals surface area contributed by atoms with E-state index in [-0.39, 0.29) is 5.91 Å². The van der Waals surface area contributed by atoms with E-state index >= 15 is 0 Å². The molecule has 1 N–H and O–H groups in total. The Hall–Kier alpha value is -1.30. The number of amides is 1. The molecule has 0 saturated heterocycles. The maximum Gasteiger partial charge on any atom is 0.328 e. The minimum absolute atomic E-state index is 0.300. The van der Waals surface area contributed by atoms with Crippen LogP contribution in [-0.4, -0.2) is 29.1 Å². The number of esters is 1. The Bertz CT molecular complexity index is 428. The average molecular weight is 303 g/mol. The summed E-state index contributed by atoms with van der Waals surface area (Å²) in [5.74, 6) is -0.743. The van der Waals surface area contributed by atoms with Crippen molar-refractivity contribution in [2.75, 3.05) is 6.61 Å². The van der Waals surface area contributed by atoms with E-state index in [1.807, 2.05) is 0 Å². The van der Waals surface area contributed by atoms with E-state index in [9.17, 15) is 9.59 Å². The summed E-state index contributed by atoms with van der Waals surface area (Å²) in [6, 6.07) is 1.03. The molecule has 5 nitrogen and oxygen atoms in total. The van der Waals surface area contributed by atoms with E-state index in [0.717, 1.165) is 4.47 Å². The molecule has 1 atom stereocenters. The highest BCUT2D eigenvalue weighted by Crippen LogP contribution is 2.13. The molecule has 17 heavy (non-hydrogen) atoms. The van der Waals surface area contributed by atoms with E-state index in [1.54, 1.807) is 37.7 Å². The molecule has 0 spiro atoms. The maximum atomic E-state index is 11.8. The van der Waals surface area contributed by atoms with Crippen LogP contribution < -0.4 is 5.32 Å². The van der Waals surface area contributed by atoms with Gasteiger partial charge in [0.15, 0.2) is 0 Å². The summed E-state index contributed by atoms with van der Waals surface area (Å²) in [7, 11) is 1.76. The van der Waals surface area contributed by atoms with Crippen LogP contribution in [0.4, 0.5) is 0 Å². The van der Waals surface area contributed by atoms with Crippen molar-refractivity contribution in [3.8, 4) is 0 Å². The van der Waals surface area contributed by atoms with Crippen LogP contribution in [-0.2, 0) is 16.6 Å². The van der Waals surface area contributed by atoms with Gasteiger partial charge in [-0.15, -0.1) is 0 Å².